The molecule has 0 saturated carbocycles. The highest BCUT2D eigenvalue weighted by Crippen LogP contribution is 2.39. The first kappa shape index (κ1) is 16.3. The van der Waals surface area contributed by atoms with Crippen LogP contribution in [0, 0.1) is 13.8 Å². The van der Waals surface area contributed by atoms with E-state index in [2.05, 4.69) is 23.7 Å². The standard InChI is InChI=1S/C17H25N5S/c1-12-9-15(21(4)5)20-16(19-12)17(3)7-6-8-22(17)10-14-13(2)18-11-23-14/h9,11H,6-8,10H2,1-5H3/t17-/m0/s1. The van der Waals surface area contributed by atoms with Crippen molar-refractivity contribution >= 4 is 17.2 Å². The van der Waals surface area contributed by atoms with Crippen molar-refractivity contribution in [2.45, 2.75) is 45.7 Å². The summed E-state index contributed by atoms with van der Waals surface area (Å²) in [6.07, 6.45) is 2.28. The Kier molecular flexibility index (Phi) is 4.38. The third-order valence-corrected chi connectivity index (χ3v) is 5.67. The Morgan fingerprint density at radius 1 is 1.30 bits per heavy atom. The molecule has 1 atom stereocenters. The first-order chi connectivity index (χ1) is 10.9. The second-order valence-corrected chi connectivity index (χ2v) is 7.68. The van der Waals surface area contributed by atoms with E-state index in [-0.39, 0.29) is 5.54 Å². The summed E-state index contributed by atoms with van der Waals surface area (Å²) in [7, 11) is 4.06. The van der Waals surface area contributed by atoms with Crippen molar-refractivity contribution in [3.8, 4) is 0 Å². The van der Waals surface area contributed by atoms with Gasteiger partial charge in [0, 0.05) is 37.3 Å². The Morgan fingerprint density at radius 2 is 2.09 bits per heavy atom. The van der Waals surface area contributed by atoms with Crippen LogP contribution in [0.2, 0.25) is 0 Å². The van der Waals surface area contributed by atoms with Crippen LogP contribution < -0.4 is 4.90 Å². The highest BCUT2D eigenvalue weighted by Gasteiger charge is 2.41. The van der Waals surface area contributed by atoms with E-state index in [9.17, 15) is 0 Å². The van der Waals surface area contributed by atoms with E-state index in [4.69, 9.17) is 9.97 Å². The topological polar surface area (TPSA) is 45.2 Å². The van der Waals surface area contributed by atoms with Crippen molar-refractivity contribution in [3.05, 3.63) is 33.7 Å². The predicted octanol–water partition coefficient (Wildman–Crippen LogP) is 3.13. The minimum Gasteiger partial charge on any atom is -0.363 e. The molecule has 0 radical (unpaired) electrons. The van der Waals surface area contributed by atoms with E-state index in [0.29, 0.717) is 0 Å². The van der Waals surface area contributed by atoms with Gasteiger partial charge in [0.15, 0.2) is 5.82 Å². The van der Waals surface area contributed by atoms with Crippen LogP contribution in [-0.2, 0) is 12.1 Å². The van der Waals surface area contributed by atoms with Crippen molar-refractivity contribution in [2.75, 3.05) is 25.5 Å². The molecule has 124 valence electrons. The van der Waals surface area contributed by atoms with Gasteiger partial charge in [0.2, 0.25) is 0 Å². The lowest BCUT2D eigenvalue weighted by atomic mass is 9.97. The predicted molar refractivity (Wildman–Crippen MR) is 94.9 cm³/mol. The van der Waals surface area contributed by atoms with Crippen LogP contribution in [0.25, 0.3) is 0 Å². The molecule has 0 aromatic carbocycles. The normalized spacial score (nSPS) is 21.8. The number of hydrogen-bond donors (Lipinski definition) is 0. The molecule has 1 aliphatic rings. The summed E-state index contributed by atoms with van der Waals surface area (Å²) in [6, 6.07) is 2.04. The van der Waals surface area contributed by atoms with Crippen LogP contribution in [-0.4, -0.2) is 40.5 Å². The molecule has 5 nitrogen and oxygen atoms in total. The summed E-state index contributed by atoms with van der Waals surface area (Å²) in [5.74, 6) is 1.93. The molecule has 6 heteroatoms. The lowest BCUT2D eigenvalue weighted by Crippen LogP contribution is -2.40. The van der Waals surface area contributed by atoms with Gasteiger partial charge in [0.05, 0.1) is 16.7 Å². The number of anilines is 1. The molecular weight excluding hydrogens is 306 g/mol. The first-order valence-corrected chi connectivity index (χ1v) is 8.95. The lowest BCUT2D eigenvalue weighted by molar-refractivity contribution is 0.138. The van der Waals surface area contributed by atoms with Gasteiger partial charge in [0.1, 0.15) is 5.82 Å². The fourth-order valence-electron chi connectivity index (χ4n) is 3.20. The molecule has 3 heterocycles. The summed E-state index contributed by atoms with van der Waals surface area (Å²) in [4.78, 5) is 19.9. The molecule has 2 aromatic heterocycles. The van der Waals surface area contributed by atoms with Crippen molar-refractivity contribution in [1.29, 1.82) is 0 Å². The van der Waals surface area contributed by atoms with Gasteiger partial charge in [-0.15, -0.1) is 11.3 Å². The van der Waals surface area contributed by atoms with Gasteiger partial charge in [-0.2, -0.15) is 0 Å². The van der Waals surface area contributed by atoms with Crippen molar-refractivity contribution in [1.82, 2.24) is 19.9 Å². The lowest BCUT2D eigenvalue weighted by Gasteiger charge is -2.34. The number of hydrogen-bond acceptors (Lipinski definition) is 6. The SMILES string of the molecule is Cc1cc(N(C)C)nc([C@]2(C)CCCN2Cc2scnc2C)n1. The summed E-state index contributed by atoms with van der Waals surface area (Å²) in [5.41, 5.74) is 4.00. The van der Waals surface area contributed by atoms with Crippen molar-refractivity contribution in [2.24, 2.45) is 0 Å². The van der Waals surface area contributed by atoms with Crippen LogP contribution >= 0.6 is 11.3 Å². The summed E-state index contributed by atoms with van der Waals surface area (Å²) < 4.78 is 0. The maximum absolute atomic E-state index is 4.85. The van der Waals surface area contributed by atoms with Gasteiger partial charge < -0.3 is 4.90 Å². The average molecular weight is 331 g/mol. The molecule has 0 bridgehead atoms. The number of nitrogens with zero attached hydrogens (tertiary/aromatic N) is 5. The second-order valence-electron chi connectivity index (χ2n) is 6.75. The highest BCUT2D eigenvalue weighted by molar-refractivity contribution is 7.09. The minimum atomic E-state index is -0.104. The van der Waals surface area contributed by atoms with E-state index in [1.54, 1.807) is 11.3 Å². The number of thiazole rings is 1. The summed E-state index contributed by atoms with van der Waals surface area (Å²) in [6.45, 7) is 8.44. The summed E-state index contributed by atoms with van der Waals surface area (Å²) >= 11 is 1.74. The fourth-order valence-corrected chi connectivity index (χ4v) is 3.99. The van der Waals surface area contributed by atoms with Gasteiger partial charge in [-0.1, -0.05) is 0 Å². The van der Waals surface area contributed by atoms with E-state index < -0.39 is 0 Å². The second kappa shape index (κ2) is 6.17. The van der Waals surface area contributed by atoms with Crippen LogP contribution in [0.15, 0.2) is 11.6 Å². The maximum Gasteiger partial charge on any atom is 0.150 e. The van der Waals surface area contributed by atoms with Crippen LogP contribution in [0.4, 0.5) is 5.82 Å². The van der Waals surface area contributed by atoms with E-state index in [0.717, 1.165) is 42.5 Å². The Morgan fingerprint density at radius 3 is 2.74 bits per heavy atom. The van der Waals surface area contributed by atoms with Gasteiger partial charge in [-0.05, 0) is 40.2 Å². The quantitative estimate of drug-likeness (QED) is 0.861. The number of aromatic nitrogens is 3. The molecule has 23 heavy (non-hydrogen) atoms. The molecule has 3 rings (SSSR count). The van der Waals surface area contributed by atoms with Gasteiger partial charge >= 0.3 is 0 Å². The molecular formula is C17H25N5S. The molecule has 1 saturated heterocycles. The summed E-state index contributed by atoms with van der Waals surface area (Å²) in [5, 5.41) is 0. The zero-order valence-corrected chi connectivity index (χ0v) is 15.4. The number of rotatable bonds is 4. The first-order valence-electron chi connectivity index (χ1n) is 8.07. The molecule has 0 N–H and O–H groups in total. The Hall–Kier alpha value is -1.53. The van der Waals surface area contributed by atoms with Crippen molar-refractivity contribution < 1.29 is 0 Å². The zero-order chi connectivity index (χ0) is 16.6. The van der Waals surface area contributed by atoms with Gasteiger partial charge in [-0.3, -0.25) is 4.90 Å². The Balaban J connectivity index is 1.94. The molecule has 0 unspecified atom stereocenters. The van der Waals surface area contributed by atoms with E-state index >= 15 is 0 Å². The molecule has 0 spiro atoms. The fraction of sp³-hybridized carbons (Fsp3) is 0.588. The monoisotopic (exact) mass is 331 g/mol. The van der Waals surface area contributed by atoms with Gasteiger partial charge in [0.25, 0.3) is 0 Å². The Labute approximate surface area is 142 Å². The van der Waals surface area contributed by atoms with E-state index in [1.807, 2.05) is 37.5 Å². The molecule has 1 fully saturated rings. The molecule has 1 aliphatic heterocycles. The minimum absolute atomic E-state index is 0.104. The van der Waals surface area contributed by atoms with Gasteiger partial charge in [-0.25, -0.2) is 15.0 Å². The zero-order valence-electron chi connectivity index (χ0n) is 14.6. The number of likely N-dealkylation sites (tertiary alicyclic amines) is 1. The largest absolute Gasteiger partial charge is 0.363 e. The third kappa shape index (κ3) is 3.10. The third-order valence-electron chi connectivity index (χ3n) is 4.75. The van der Waals surface area contributed by atoms with Crippen LogP contribution in [0.5, 0.6) is 0 Å². The van der Waals surface area contributed by atoms with Crippen LogP contribution in [0.1, 0.15) is 41.9 Å². The average Bonchev–Trinajstić information content (AvgIpc) is 3.07. The number of aryl methyl sites for hydroxylation is 2. The van der Waals surface area contributed by atoms with Crippen molar-refractivity contribution in [3.63, 3.8) is 0 Å². The Bertz CT molecular complexity index is 696. The maximum atomic E-state index is 4.85. The highest BCUT2D eigenvalue weighted by atomic mass is 32.1. The van der Waals surface area contributed by atoms with E-state index in [1.165, 1.54) is 11.3 Å². The smallest absolute Gasteiger partial charge is 0.150 e. The molecule has 0 amide bonds. The molecule has 2 aromatic rings. The molecule has 0 aliphatic carbocycles. The van der Waals surface area contributed by atoms with Crippen LogP contribution in [0.3, 0.4) is 0 Å².